The van der Waals surface area contributed by atoms with Gasteiger partial charge in [0.2, 0.25) is 0 Å². The maximum Gasteiger partial charge on any atom is 0.310 e. The fourth-order valence-electron chi connectivity index (χ4n) is 3.41. The third kappa shape index (κ3) is 2.74. The molecule has 1 saturated carbocycles. The van der Waals surface area contributed by atoms with E-state index in [1.54, 1.807) is 0 Å². The predicted molar refractivity (Wildman–Crippen MR) is 59.1 cm³/mol. The van der Waals surface area contributed by atoms with Gasteiger partial charge in [-0.2, -0.15) is 0 Å². The van der Waals surface area contributed by atoms with Crippen LogP contribution in [0.1, 0.15) is 46.5 Å². The first kappa shape index (κ1) is 13.0. The Morgan fingerprint density at radius 3 is 2.19 bits per heavy atom. The summed E-state index contributed by atoms with van der Waals surface area (Å²) < 4.78 is 0. The number of carboxylic acid groups (broad SMARTS) is 2. The lowest BCUT2D eigenvalue weighted by molar-refractivity contribution is -0.162. The van der Waals surface area contributed by atoms with E-state index in [9.17, 15) is 14.7 Å². The van der Waals surface area contributed by atoms with Crippen LogP contribution in [0.3, 0.4) is 0 Å². The summed E-state index contributed by atoms with van der Waals surface area (Å²) in [6, 6.07) is 0. The average Bonchev–Trinajstić information content (AvgIpc) is 1.96. The average molecular weight is 228 g/mol. The summed E-state index contributed by atoms with van der Waals surface area (Å²) >= 11 is 0. The molecule has 0 radical (unpaired) electrons. The lowest BCUT2D eigenvalue weighted by atomic mass is 9.59. The van der Waals surface area contributed by atoms with E-state index in [1.807, 2.05) is 20.8 Å². The topological polar surface area (TPSA) is 74.6 Å². The molecule has 4 nitrogen and oxygen atoms in total. The molecule has 0 spiro atoms. The van der Waals surface area contributed by atoms with Gasteiger partial charge in [0.1, 0.15) is 0 Å². The second-order valence-electron chi connectivity index (χ2n) is 6.01. The molecular formula is C12H20O4. The number of hydrogen-bond acceptors (Lipinski definition) is 2. The molecule has 1 aliphatic rings. The third-order valence-corrected chi connectivity index (χ3v) is 3.40. The van der Waals surface area contributed by atoms with E-state index in [4.69, 9.17) is 5.11 Å². The normalized spacial score (nSPS) is 33.3. The molecule has 4 heteroatoms. The highest BCUT2D eigenvalue weighted by Gasteiger charge is 2.49. The zero-order valence-electron chi connectivity index (χ0n) is 10.1. The summed E-state index contributed by atoms with van der Waals surface area (Å²) in [6.45, 7) is 6.03. The number of carboxylic acids is 2. The van der Waals surface area contributed by atoms with Gasteiger partial charge in [0.15, 0.2) is 0 Å². The minimum atomic E-state index is -1.08. The quantitative estimate of drug-likeness (QED) is 0.777. The highest BCUT2D eigenvalue weighted by atomic mass is 16.4. The number of aliphatic carboxylic acids is 2. The Kier molecular flexibility index (Phi) is 3.31. The Balaban J connectivity index is 3.00. The number of hydrogen-bond donors (Lipinski definition) is 2. The van der Waals surface area contributed by atoms with Crippen molar-refractivity contribution in [2.45, 2.75) is 46.5 Å². The van der Waals surface area contributed by atoms with Crippen LogP contribution in [0.4, 0.5) is 0 Å². The van der Waals surface area contributed by atoms with Crippen LogP contribution in [0.25, 0.3) is 0 Å². The van der Waals surface area contributed by atoms with Crippen molar-refractivity contribution in [2.24, 2.45) is 16.7 Å². The molecule has 0 aromatic rings. The van der Waals surface area contributed by atoms with Crippen molar-refractivity contribution in [1.82, 2.24) is 0 Å². The highest BCUT2D eigenvalue weighted by molar-refractivity contribution is 5.81. The standard InChI is InChI=1S/C12H20O4/c1-8-4-11(2,3)7-12(5-8,10(15)16)6-9(13)14/h8H,4-7H2,1-3H3,(H,13,14)(H,15,16). The summed E-state index contributed by atoms with van der Waals surface area (Å²) in [5.41, 5.74) is -1.17. The Morgan fingerprint density at radius 1 is 1.25 bits per heavy atom. The fraction of sp³-hybridized carbons (Fsp3) is 0.833. The summed E-state index contributed by atoms with van der Waals surface area (Å²) in [6.07, 6.45) is 1.61. The van der Waals surface area contributed by atoms with Crippen LogP contribution in [-0.4, -0.2) is 22.2 Å². The Labute approximate surface area is 95.7 Å². The first-order valence-electron chi connectivity index (χ1n) is 5.62. The van der Waals surface area contributed by atoms with Crippen LogP contribution in [-0.2, 0) is 9.59 Å². The van der Waals surface area contributed by atoms with Crippen molar-refractivity contribution in [3.63, 3.8) is 0 Å². The van der Waals surface area contributed by atoms with Gasteiger partial charge < -0.3 is 10.2 Å². The second-order valence-corrected chi connectivity index (χ2v) is 6.01. The maximum absolute atomic E-state index is 11.4. The van der Waals surface area contributed by atoms with E-state index in [2.05, 4.69) is 0 Å². The molecule has 2 N–H and O–H groups in total. The second kappa shape index (κ2) is 4.07. The smallest absolute Gasteiger partial charge is 0.310 e. The Bertz CT molecular complexity index is 308. The molecule has 16 heavy (non-hydrogen) atoms. The van der Waals surface area contributed by atoms with Crippen LogP contribution in [0, 0.1) is 16.7 Å². The van der Waals surface area contributed by atoms with Crippen LogP contribution < -0.4 is 0 Å². The van der Waals surface area contributed by atoms with Crippen LogP contribution in [0.2, 0.25) is 0 Å². The van der Waals surface area contributed by atoms with Gasteiger partial charge in [-0.15, -0.1) is 0 Å². The van der Waals surface area contributed by atoms with Gasteiger partial charge in [-0.25, -0.2) is 0 Å². The molecule has 0 aromatic carbocycles. The zero-order chi connectivity index (χ0) is 12.6. The molecule has 1 fully saturated rings. The lowest BCUT2D eigenvalue weighted by Crippen LogP contribution is -2.43. The fourth-order valence-corrected chi connectivity index (χ4v) is 3.41. The highest BCUT2D eigenvalue weighted by Crippen LogP contribution is 2.50. The van der Waals surface area contributed by atoms with Gasteiger partial charge in [-0.1, -0.05) is 20.8 Å². The Morgan fingerprint density at radius 2 is 1.81 bits per heavy atom. The molecule has 0 amide bonds. The van der Waals surface area contributed by atoms with E-state index in [-0.39, 0.29) is 17.8 Å². The van der Waals surface area contributed by atoms with Crippen molar-refractivity contribution in [2.75, 3.05) is 0 Å². The predicted octanol–water partition coefficient (Wildman–Crippen LogP) is 2.38. The molecule has 0 saturated heterocycles. The molecule has 0 heterocycles. The van der Waals surface area contributed by atoms with E-state index >= 15 is 0 Å². The van der Waals surface area contributed by atoms with Gasteiger partial charge in [0, 0.05) is 0 Å². The molecule has 2 unspecified atom stereocenters. The van der Waals surface area contributed by atoms with Crippen molar-refractivity contribution in [1.29, 1.82) is 0 Å². The molecule has 0 aliphatic heterocycles. The van der Waals surface area contributed by atoms with Gasteiger partial charge in [0.05, 0.1) is 11.8 Å². The number of carbonyl (C=O) groups is 2. The molecular weight excluding hydrogens is 208 g/mol. The molecule has 92 valence electrons. The minimum absolute atomic E-state index is 0.0918. The molecule has 0 aromatic heterocycles. The van der Waals surface area contributed by atoms with Crippen LogP contribution >= 0.6 is 0 Å². The summed E-state index contributed by atoms with van der Waals surface area (Å²) in [4.78, 5) is 22.2. The van der Waals surface area contributed by atoms with Gasteiger partial charge in [-0.05, 0) is 30.6 Å². The van der Waals surface area contributed by atoms with E-state index in [0.717, 1.165) is 6.42 Å². The van der Waals surface area contributed by atoms with Gasteiger partial charge in [0.25, 0.3) is 0 Å². The minimum Gasteiger partial charge on any atom is -0.481 e. The summed E-state index contributed by atoms with van der Waals surface area (Å²) in [5.74, 6) is -1.72. The van der Waals surface area contributed by atoms with Crippen molar-refractivity contribution in [3.05, 3.63) is 0 Å². The van der Waals surface area contributed by atoms with Crippen molar-refractivity contribution in [3.8, 4) is 0 Å². The van der Waals surface area contributed by atoms with E-state index in [0.29, 0.717) is 12.8 Å². The molecule has 1 aliphatic carbocycles. The number of rotatable bonds is 3. The monoisotopic (exact) mass is 228 g/mol. The first-order valence-corrected chi connectivity index (χ1v) is 5.62. The first-order chi connectivity index (χ1) is 7.17. The maximum atomic E-state index is 11.4. The van der Waals surface area contributed by atoms with Gasteiger partial charge in [-0.3, -0.25) is 9.59 Å². The Hall–Kier alpha value is -1.06. The van der Waals surface area contributed by atoms with E-state index in [1.165, 1.54) is 0 Å². The largest absolute Gasteiger partial charge is 0.481 e. The third-order valence-electron chi connectivity index (χ3n) is 3.40. The summed E-state index contributed by atoms with van der Waals surface area (Å²) in [5, 5.41) is 18.2. The van der Waals surface area contributed by atoms with Gasteiger partial charge >= 0.3 is 11.9 Å². The van der Waals surface area contributed by atoms with Crippen LogP contribution in [0.5, 0.6) is 0 Å². The van der Waals surface area contributed by atoms with E-state index < -0.39 is 17.4 Å². The molecule has 2 atom stereocenters. The van der Waals surface area contributed by atoms with Crippen molar-refractivity contribution >= 4 is 11.9 Å². The van der Waals surface area contributed by atoms with Crippen LogP contribution in [0.15, 0.2) is 0 Å². The summed E-state index contributed by atoms with van der Waals surface area (Å²) in [7, 11) is 0. The molecule has 1 rings (SSSR count). The lowest BCUT2D eigenvalue weighted by Gasteiger charge is -2.44. The zero-order valence-corrected chi connectivity index (χ0v) is 10.1. The SMILES string of the molecule is CC1CC(C)(C)CC(CC(=O)O)(C(=O)O)C1. The molecule has 0 bridgehead atoms. The van der Waals surface area contributed by atoms with Crippen molar-refractivity contribution < 1.29 is 19.8 Å².